The van der Waals surface area contributed by atoms with E-state index in [4.69, 9.17) is 9.47 Å². The Kier molecular flexibility index (Phi) is 6.37. The van der Waals surface area contributed by atoms with E-state index in [2.05, 4.69) is 4.98 Å². The summed E-state index contributed by atoms with van der Waals surface area (Å²) in [5, 5.41) is 0.553. The van der Waals surface area contributed by atoms with E-state index < -0.39 is 0 Å². The zero-order valence-electron chi connectivity index (χ0n) is 15.6. The van der Waals surface area contributed by atoms with Crippen molar-refractivity contribution < 1.29 is 18.7 Å². The molecule has 0 saturated heterocycles. The van der Waals surface area contributed by atoms with Crippen LogP contribution >= 0.6 is 0 Å². The summed E-state index contributed by atoms with van der Waals surface area (Å²) < 4.78 is 24.9. The van der Waals surface area contributed by atoms with Gasteiger partial charge in [-0.3, -0.25) is 14.2 Å². The number of carbonyl (C=O) groups is 1. The van der Waals surface area contributed by atoms with Crippen LogP contribution in [-0.4, -0.2) is 28.7 Å². The van der Waals surface area contributed by atoms with Crippen molar-refractivity contribution in [3.8, 4) is 5.75 Å². The second-order valence-corrected chi connectivity index (χ2v) is 6.29. The van der Waals surface area contributed by atoms with Gasteiger partial charge in [0.25, 0.3) is 5.56 Å². The minimum Gasteiger partial charge on any atom is -0.493 e. The van der Waals surface area contributed by atoms with Gasteiger partial charge in [-0.1, -0.05) is 12.1 Å². The molecule has 0 atom stereocenters. The van der Waals surface area contributed by atoms with Crippen molar-refractivity contribution in [1.82, 2.24) is 9.55 Å². The largest absolute Gasteiger partial charge is 0.493 e. The molecule has 1 heterocycles. The molecule has 7 heteroatoms. The average Bonchev–Trinajstić information content (AvgIpc) is 2.71. The van der Waals surface area contributed by atoms with E-state index in [1.807, 2.05) is 6.07 Å². The second-order valence-electron chi connectivity index (χ2n) is 6.29. The number of nitrogens with zero attached hydrogens (tertiary/aromatic N) is 2. The number of aryl methyl sites for hydroxylation is 1. The molecule has 146 valence electrons. The average molecular weight is 384 g/mol. The van der Waals surface area contributed by atoms with Crippen molar-refractivity contribution in [2.75, 3.05) is 13.2 Å². The summed E-state index contributed by atoms with van der Waals surface area (Å²) in [7, 11) is 1.65. The Balaban J connectivity index is 1.43. The van der Waals surface area contributed by atoms with E-state index in [9.17, 15) is 14.0 Å². The molecule has 3 aromatic rings. The minimum atomic E-state index is -0.357. The van der Waals surface area contributed by atoms with Crippen LogP contribution in [0.1, 0.15) is 18.7 Å². The molecule has 0 saturated carbocycles. The molecular formula is C21H21FN2O4. The SMILES string of the molecule is Cn1c(CCC(=O)OCCCOc2ccc(F)cc2)nc2ccccc2c1=O. The van der Waals surface area contributed by atoms with E-state index in [-0.39, 0.29) is 30.4 Å². The summed E-state index contributed by atoms with van der Waals surface area (Å²) in [5.74, 6) is 0.431. The Morgan fingerprint density at radius 1 is 1.11 bits per heavy atom. The van der Waals surface area contributed by atoms with Gasteiger partial charge in [-0.2, -0.15) is 0 Å². The number of benzene rings is 2. The summed E-state index contributed by atoms with van der Waals surface area (Å²) in [6, 6.07) is 12.9. The molecule has 0 aliphatic heterocycles. The number of carbonyl (C=O) groups excluding carboxylic acids is 1. The molecular weight excluding hydrogens is 363 g/mol. The van der Waals surface area contributed by atoms with E-state index in [1.165, 1.54) is 16.7 Å². The van der Waals surface area contributed by atoms with Crippen molar-refractivity contribution in [1.29, 1.82) is 0 Å². The van der Waals surface area contributed by atoms with Crippen LogP contribution in [0.3, 0.4) is 0 Å². The van der Waals surface area contributed by atoms with Gasteiger partial charge < -0.3 is 9.47 Å². The molecule has 0 aliphatic carbocycles. The monoisotopic (exact) mass is 384 g/mol. The number of fused-ring (bicyclic) bond motifs is 1. The predicted molar refractivity (Wildman–Crippen MR) is 103 cm³/mol. The number of hydrogen-bond acceptors (Lipinski definition) is 5. The molecule has 0 amide bonds. The van der Waals surface area contributed by atoms with E-state index in [0.717, 1.165) is 0 Å². The number of halogens is 1. The standard InChI is InChI=1S/C21H21FN2O4/c1-24-19(23-18-6-3-2-5-17(18)21(24)26)11-12-20(25)28-14-4-13-27-16-9-7-15(22)8-10-16/h2-3,5-10H,4,11-14H2,1H3. The predicted octanol–water partition coefficient (Wildman–Crippen LogP) is 3.02. The lowest BCUT2D eigenvalue weighted by Crippen LogP contribution is -2.23. The Morgan fingerprint density at radius 3 is 2.64 bits per heavy atom. The molecule has 0 radical (unpaired) electrons. The van der Waals surface area contributed by atoms with Crippen molar-refractivity contribution in [2.45, 2.75) is 19.3 Å². The van der Waals surface area contributed by atoms with E-state index in [1.54, 1.807) is 37.4 Å². The Hall–Kier alpha value is -3.22. The fraction of sp³-hybridized carbons (Fsp3) is 0.286. The highest BCUT2D eigenvalue weighted by Gasteiger charge is 2.10. The number of rotatable bonds is 8. The van der Waals surface area contributed by atoms with Crippen LogP contribution in [0.5, 0.6) is 5.75 Å². The smallest absolute Gasteiger partial charge is 0.306 e. The molecule has 28 heavy (non-hydrogen) atoms. The summed E-state index contributed by atoms with van der Waals surface area (Å²) in [4.78, 5) is 28.7. The zero-order valence-corrected chi connectivity index (χ0v) is 15.6. The van der Waals surface area contributed by atoms with Gasteiger partial charge in [0, 0.05) is 19.9 Å². The van der Waals surface area contributed by atoms with E-state index >= 15 is 0 Å². The first-order valence-corrected chi connectivity index (χ1v) is 9.03. The van der Waals surface area contributed by atoms with Gasteiger partial charge in [-0.15, -0.1) is 0 Å². The summed E-state index contributed by atoms with van der Waals surface area (Å²) in [6.45, 7) is 0.587. The fourth-order valence-electron chi connectivity index (χ4n) is 2.74. The van der Waals surface area contributed by atoms with Crippen LogP contribution in [0.15, 0.2) is 53.3 Å². The third kappa shape index (κ3) is 4.94. The molecule has 0 fully saturated rings. The van der Waals surface area contributed by atoms with Crippen LogP contribution in [0.25, 0.3) is 10.9 Å². The highest BCUT2D eigenvalue weighted by Crippen LogP contribution is 2.11. The maximum absolute atomic E-state index is 12.8. The molecule has 0 N–H and O–H groups in total. The van der Waals surface area contributed by atoms with Gasteiger partial charge in [0.15, 0.2) is 0 Å². The van der Waals surface area contributed by atoms with Gasteiger partial charge in [-0.05, 0) is 36.4 Å². The van der Waals surface area contributed by atoms with Gasteiger partial charge in [0.1, 0.15) is 17.4 Å². The van der Waals surface area contributed by atoms with Gasteiger partial charge in [0.05, 0.1) is 30.5 Å². The van der Waals surface area contributed by atoms with Crippen LogP contribution < -0.4 is 10.3 Å². The van der Waals surface area contributed by atoms with Crippen LogP contribution in [0, 0.1) is 5.82 Å². The molecule has 6 nitrogen and oxygen atoms in total. The normalized spacial score (nSPS) is 10.8. The summed E-state index contributed by atoms with van der Waals surface area (Å²) in [5.41, 5.74) is 0.485. The lowest BCUT2D eigenvalue weighted by Gasteiger charge is -2.09. The molecule has 1 aromatic heterocycles. The van der Waals surface area contributed by atoms with Crippen LogP contribution in [0.2, 0.25) is 0 Å². The topological polar surface area (TPSA) is 70.4 Å². The number of aromatic nitrogens is 2. The Labute approximate surface area is 161 Å². The van der Waals surface area contributed by atoms with Crippen molar-refractivity contribution in [2.24, 2.45) is 7.05 Å². The summed E-state index contributed by atoms with van der Waals surface area (Å²) in [6.07, 6.45) is 0.981. The molecule has 0 aliphatic rings. The number of esters is 1. The maximum Gasteiger partial charge on any atom is 0.306 e. The quantitative estimate of drug-likeness (QED) is 0.441. The molecule has 0 spiro atoms. The molecule has 3 rings (SSSR count). The number of ether oxygens (including phenoxy) is 2. The van der Waals surface area contributed by atoms with Crippen molar-refractivity contribution in [3.63, 3.8) is 0 Å². The van der Waals surface area contributed by atoms with Gasteiger partial charge in [-0.25, -0.2) is 9.37 Å². The van der Waals surface area contributed by atoms with Crippen LogP contribution in [0.4, 0.5) is 4.39 Å². The maximum atomic E-state index is 12.8. The van der Waals surface area contributed by atoms with Gasteiger partial charge >= 0.3 is 5.97 Å². The second kappa shape index (κ2) is 9.12. The highest BCUT2D eigenvalue weighted by atomic mass is 19.1. The molecule has 0 unspecified atom stereocenters. The van der Waals surface area contributed by atoms with E-state index in [0.29, 0.717) is 41.9 Å². The summed E-state index contributed by atoms with van der Waals surface area (Å²) >= 11 is 0. The first kappa shape index (κ1) is 19.5. The third-order valence-electron chi connectivity index (χ3n) is 4.26. The Bertz CT molecular complexity index is 1020. The third-order valence-corrected chi connectivity index (χ3v) is 4.26. The highest BCUT2D eigenvalue weighted by molar-refractivity contribution is 5.77. The molecule has 0 bridgehead atoms. The molecule has 2 aromatic carbocycles. The lowest BCUT2D eigenvalue weighted by atomic mass is 10.2. The fourth-order valence-corrected chi connectivity index (χ4v) is 2.74. The lowest BCUT2D eigenvalue weighted by molar-refractivity contribution is -0.143. The Morgan fingerprint density at radius 2 is 1.86 bits per heavy atom. The van der Waals surface area contributed by atoms with Crippen molar-refractivity contribution >= 4 is 16.9 Å². The van der Waals surface area contributed by atoms with Gasteiger partial charge in [0.2, 0.25) is 0 Å². The zero-order chi connectivity index (χ0) is 19.9. The minimum absolute atomic E-state index is 0.132. The first-order chi connectivity index (χ1) is 13.5. The number of para-hydroxylation sites is 1. The van der Waals surface area contributed by atoms with Crippen LogP contribution in [-0.2, 0) is 23.0 Å². The van der Waals surface area contributed by atoms with Crippen molar-refractivity contribution in [3.05, 3.63) is 70.5 Å². The first-order valence-electron chi connectivity index (χ1n) is 9.03. The number of hydrogen-bond donors (Lipinski definition) is 0.